The van der Waals surface area contributed by atoms with Crippen molar-refractivity contribution in [3.63, 3.8) is 0 Å². The maximum Gasteiger partial charge on any atom is 0.0438 e. The predicted molar refractivity (Wildman–Crippen MR) is 79.2 cm³/mol. The molecule has 0 aromatic heterocycles. The molecule has 19 heavy (non-hydrogen) atoms. The first-order chi connectivity index (χ1) is 9.31. The Morgan fingerprint density at radius 2 is 1.68 bits per heavy atom. The van der Waals surface area contributed by atoms with E-state index in [1.807, 2.05) is 18.2 Å². The Kier molecular flexibility index (Phi) is 2.92. The van der Waals surface area contributed by atoms with Gasteiger partial charge in [-0.3, -0.25) is 0 Å². The van der Waals surface area contributed by atoms with Crippen LogP contribution in [0.4, 0.5) is 0 Å². The Morgan fingerprint density at radius 1 is 1.00 bits per heavy atom. The smallest absolute Gasteiger partial charge is 0.0438 e. The molecule has 0 aliphatic heterocycles. The van der Waals surface area contributed by atoms with Crippen LogP contribution in [-0.4, -0.2) is 6.21 Å². The Bertz CT molecular complexity index is 641. The Hall–Kier alpha value is -2.35. The predicted octanol–water partition coefficient (Wildman–Crippen LogP) is 3.54. The van der Waals surface area contributed by atoms with E-state index in [0.29, 0.717) is 5.92 Å². The van der Waals surface area contributed by atoms with Crippen molar-refractivity contribution < 1.29 is 0 Å². The molecule has 3 rings (SSSR count). The fourth-order valence-corrected chi connectivity index (χ4v) is 2.78. The minimum atomic E-state index is 0.293. The van der Waals surface area contributed by atoms with Gasteiger partial charge in [0.1, 0.15) is 0 Å². The van der Waals surface area contributed by atoms with Gasteiger partial charge in [-0.2, -0.15) is 0 Å². The lowest BCUT2D eigenvalue weighted by Gasteiger charge is -2.27. The van der Waals surface area contributed by atoms with Gasteiger partial charge in [-0.15, -0.1) is 0 Å². The molecule has 94 valence electrons. The largest absolute Gasteiger partial charge is 0.398 e. The van der Waals surface area contributed by atoms with E-state index in [0.717, 1.165) is 23.3 Å². The molecule has 2 heteroatoms. The number of benzene rings is 2. The third-order valence-electron chi connectivity index (χ3n) is 3.77. The van der Waals surface area contributed by atoms with Crippen molar-refractivity contribution in [2.45, 2.75) is 12.3 Å². The van der Waals surface area contributed by atoms with E-state index in [1.54, 1.807) is 0 Å². The molecule has 2 aromatic carbocycles. The van der Waals surface area contributed by atoms with Gasteiger partial charge in [-0.1, -0.05) is 54.6 Å². The van der Waals surface area contributed by atoms with Crippen molar-refractivity contribution in [3.05, 3.63) is 76.9 Å². The molecular weight excluding hydrogens is 232 g/mol. The molecule has 2 nitrogen and oxygen atoms in total. The minimum absolute atomic E-state index is 0.293. The van der Waals surface area contributed by atoms with E-state index in [9.17, 15) is 0 Å². The number of nitrogens with one attached hydrogen (secondary N) is 1. The molecule has 0 amide bonds. The SMILES string of the molecule is N=CC1=C(N)c2ccccc2C(c2ccccc2)C1. The zero-order valence-electron chi connectivity index (χ0n) is 10.6. The first-order valence-electron chi connectivity index (χ1n) is 6.44. The molecule has 2 aromatic rings. The lowest BCUT2D eigenvalue weighted by atomic mass is 9.78. The molecule has 0 heterocycles. The zero-order valence-corrected chi connectivity index (χ0v) is 10.6. The van der Waals surface area contributed by atoms with Crippen LogP contribution in [0.3, 0.4) is 0 Å². The molecule has 1 atom stereocenters. The molecule has 1 unspecified atom stereocenters. The number of allylic oxidation sites excluding steroid dienone is 1. The van der Waals surface area contributed by atoms with Crippen molar-refractivity contribution in [2.24, 2.45) is 5.73 Å². The second-order valence-corrected chi connectivity index (χ2v) is 4.84. The summed E-state index contributed by atoms with van der Waals surface area (Å²) in [5.41, 5.74) is 11.5. The van der Waals surface area contributed by atoms with Gasteiger partial charge < -0.3 is 11.1 Å². The summed E-state index contributed by atoms with van der Waals surface area (Å²) in [5.74, 6) is 0.293. The van der Waals surface area contributed by atoms with E-state index in [-0.39, 0.29) is 0 Å². The molecule has 1 aliphatic rings. The topological polar surface area (TPSA) is 49.9 Å². The highest BCUT2D eigenvalue weighted by Crippen LogP contribution is 2.39. The van der Waals surface area contributed by atoms with Crippen LogP contribution >= 0.6 is 0 Å². The Balaban J connectivity index is 2.17. The Morgan fingerprint density at radius 3 is 2.42 bits per heavy atom. The van der Waals surface area contributed by atoms with Gasteiger partial charge in [0.15, 0.2) is 0 Å². The highest BCUT2D eigenvalue weighted by molar-refractivity contribution is 5.91. The summed E-state index contributed by atoms with van der Waals surface area (Å²) < 4.78 is 0. The van der Waals surface area contributed by atoms with E-state index in [1.165, 1.54) is 17.3 Å². The number of fused-ring (bicyclic) bond motifs is 1. The molecular formula is C17H16N2. The molecule has 0 radical (unpaired) electrons. The molecule has 0 saturated heterocycles. The van der Waals surface area contributed by atoms with Crippen molar-refractivity contribution in [3.8, 4) is 0 Å². The van der Waals surface area contributed by atoms with Crippen molar-refractivity contribution in [1.29, 1.82) is 5.41 Å². The van der Waals surface area contributed by atoms with Crippen LogP contribution in [-0.2, 0) is 0 Å². The van der Waals surface area contributed by atoms with E-state index in [2.05, 4.69) is 36.4 Å². The van der Waals surface area contributed by atoms with E-state index in [4.69, 9.17) is 11.1 Å². The van der Waals surface area contributed by atoms with E-state index < -0.39 is 0 Å². The summed E-state index contributed by atoms with van der Waals surface area (Å²) in [4.78, 5) is 0. The lowest BCUT2D eigenvalue weighted by Crippen LogP contribution is -2.16. The maximum absolute atomic E-state index is 7.56. The van der Waals surface area contributed by atoms with Gasteiger partial charge in [0.25, 0.3) is 0 Å². The van der Waals surface area contributed by atoms with Crippen molar-refractivity contribution in [1.82, 2.24) is 0 Å². The third kappa shape index (κ3) is 1.95. The summed E-state index contributed by atoms with van der Waals surface area (Å²) in [5, 5.41) is 7.56. The summed E-state index contributed by atoms with van der Waals surface area (Å²) in [7, 11) is 0. The zero-order chi connectivity index (χ0) is 13.2. The number of nitrogens with two attached hydrogens (primary N) is 1. The first-order valence-corrected chi connectivity index (χ1v) is 6.44. The summed E-state index contributed by atoms with van der Waals surface area (Å²) in [6.45, 7) is 0. The van der Waals surface area contributed by atoms with Crippen molar-refractivity contribution in [2.75, 3.05) is 0 Å². The Labute approximate surface area is 113 Å². The minimum Gasteiger partial charge on any atom is -0.398 e. The molecule has 3 N–H and O–H groups in total. The quantitative estimate of drug-likeness (QED) is 0.785. The average Bonchev–Trinajstić information content (AvgIpc) is 2.49. The van der Waals surface area contributed by atoms with Gasteiger partial charge in [0.05, 0.1) is 0 Å². The first kappa shape index (κ1) is 11.7. The van der Waals surface area contributed by atoms with Crippen LogP contribution in [0, 0.1) is 5.41 Å². The van der Waals surface area contributed by atoms with Crippen LogP contribution in [0.2, 0.25) is 0 Å². The van der Waals surface area contributed by atoms with Gasteiger partial charge in [0.2, 0.25) is 0 Å². The molecule has 0 saturated carbocycles. The molecule has 0 spiro atoms. The molecule has 0 fully saturated rings. The van der Waals surface area contributed by atoms with E-state index >= 15 is 0 Å². The lowest BCUT2D eigenvalue weighted by molar-refractivity contribution is 0.799. The van der Waals surface area contributed by atoms with Gasteiger partial charge in [-0.05, 0) is 23.1 Å². The number of rotatable bonds is 2. The van der Waals surface area contributed by atoms with Gasteiger partial charge in [0, 0.05) is 23.4 Å². The summed E-state index contributed by atoms with van der Waals surface area (Å²) >= 11 is 0. The fraction of sp³-hybridized carbons (Fsp3) is 0.118. The number of hydrogen-bond acceptors (Lipinski definition) is 2. The molecule has 0 bridgehead atoms. The summed E-state index contributed by atoms with van der Waals surface area (Å²) in [6.07, 6.45) is 2.19. The standard InChI is InChI=1S/C17H16N2/c18-11-13-10-16(12-6-2-1-3-7-12)14-8-4-5-9-15(14)17(13)19/h1-9,11,16,18H,10,19H2. The van der Waals surface area contributed by atoms with Gasteiger partial charge in [-0.25, -0.2) is 0 Å². The van der Waals surface area contributed by atoms with Crippen molar-refractivity contribution >= 4 is 11.9 Å². The van der Waals surface area contributed by atoms with Crippen LogP contribution in [0.15, 0.2) is 60.2 Å². The van der Waals surface area contributed by atoms with Crippen LogP contribution in [0.5, 0.6) is 0 Å². The highest BCUT2D eigenvalue weighted by Gasteiger charge is 2.25. The molecule has 1 aliphatic carbocycles. The summed E-state index contributed by atoms with van der Waals surface area (Å²) in [6, 6.07) is 18.7. The van der Waals surface area contributed by atoms with Gasteiger partial charge >= 0.3 is 0 Å². The maximum atomic E-state index is 7.56. The second-order valence-electron chi connectivity index (χ2n) is 4.84. The number of hydrogen-bond donors (Lipinski definition) is 2. The van der Waals surface area contributed by atoms with Crippen LogP contribution in [0.25, 0.3) is 5.70 Å². The normalized spacial score (nSPS) is 18.0. The fourth-order valence-electron chi connectivity index (χ4n) is 2.78. The van der Waals surface area contributed by atoms with Crippen LogP contribution < -0.4 is 5.73 Å². The monoisotopic (exact) mass is 248 g/mol. The average molecular weight is 248 g/mol. The highest BCUT2D eigenvalue weighted by atomic mass is 14.6. The van der Waals surface area contributed by atoms with Crippen LogP contribution in [0.1, 0.15) is 29.0 Å². The third-order valence-corrected chi connectivity index (χ3v) is 3.77. The second kappa shape index (κ2) is 4.73.